The zero-order valence-electron chi connectivity index (χ0n) is 16.8. The summed E-state index contributed by atoms with van der Waals surface area (Å²) in [6, 6.07) is 11.2. The number of aliphatic hydroxyl groups is 1. The van der Waals surface area contributed by atoms with Crippen LogP contribution in [0.3, 0.4) is 0 Å². The fourth-order valence-electron chi connectivity index (χ4n) is 3.47. The Balaban J connectivity index is 2.22. The summed E-state index contributed by atoms with van der Waals surface area (Å²) in [5, 5.41) is 11.4. The van der Waals surface area contributed by atoms with Gasteiger partial charge in [-0.3, -0.25) is 9.59 Å². The van der Waals surface area contributed by atoms with Crippen LogP contribution in [0.5, 0.6) is 11.5 Å². The number of carbonyl (C=O) groups excluding carboxylic acids is 2. The molecule has 0 aromatic heterocycles. The minimum atomic E-state index is -0.786. The largest absolute Gasteiger partial charge is 0.507 e. The van der Waals surface area contributed by atoms with E-state index in [1.807, 2.05) is 6.07 Å². The van der Waals surface area contributed by atoms with E-state index in [0.29, 0.717) is 11.3 Å². The lowest BCUT2D eigenvalue weighted by molar-refractivity contribution is -0.140. The number of rotatable bonds is 7. The van der Waals surface area contributed by atoms with E-state index < -0.39 is 17.7 Å². The fourth-order valence-corrected chi connectivity index (χ4v) is 3.71. The summed E-state index contributed by atoms with van der Waals surface area (Å²) >= 11 is 6.23. The second kappa shape index (κ2) is 9.19. The molecule has 1 unspecified atom stereocenters. The van der Waals surface area contributed by atoms with Crippen molar-refractivity contribution in [2.75, 3.05) is 34.5 Å². The molecule has 2 aromatic carbocycles. The third-order valence-electron chi connectivity index (χ3n) is 4.92. The van der Waals surface area contributed by atoms with Gasteiger partial charge in [0.1, 0.15) is 17.3 Å². The number of Topliss-reactive ketones (excluding diaryl/α,β-unsaturated/α-hetero) is 1. The molecule has 7 nitrogen and oxygen atoms in total. The summed E-state index contributed by atoms with van der Waals surface area (Å²) in [4.78, 5) is 27.1. The molecular weight excluding hydrogens is 410 g/mol. The highest BCUT2D eigenvalue weighted by molar-refractivity contribution is 6.46. The minimum Gasteiger partial charge on any atom is -0.507 e. The number of methoxy groups -OCH3 is 3. The number of carbonyl (C=O) groups is 2. The number of aliphatic hydroxyl groups excluding tert-OH is 1. The van der Waals surface area contributed by atoms with Gasteiger partial charge >= 0.3 is 0 Å². The van der Waals surface area contributed by atoms with Crippen LogP contribution in [0.15, 0.2) is 48.0 Å². The summed E-state index contributed by atoms with van der Waals surface area (Å²) in [5.41, 5.74) is 0.837. The molecule has 3 rings (SSSR count). The number of halogens is 1. The summed E-state index contributed by atoms with van der Waals surface area (Å²) in [6.45, 7) is 0.437. The van der Waals surface area contributed by atoms with E-state index >= 15 is 0 Å². The van der Waals surface area contributed by atoms with Crippen molar-refractivity contribution in [2.45, 2.75) is 6.04 Å². The van der Waals surface area contributed by atoms with Gasteiger partial charge in [0.2, 0.25) is 0 Å². The van der Waals surface area contributed by atoms with Crippen molar-refractivity contribution in [1.82, 2.24) is 4.90 Å². The number of ketones is 1. The highest BCUT2D eigenvalue weighted by Crippen LogP contribution is 2.42. The first-order chi connectivity index (χ1) is 14.4. The Hall–Kier alpha value is -3.03. The van der Waals surface area contributed by atoms with Gasteiger partial charge in [0, 0.05) is 19.7 Å². The van der Waals surface area contributed by atoms with Crippen LogP contribution in [0, 0.1) is 0 Å². The quantitative estimate of drug-likeness (QED) is 0.410. The van der Waals surface area contributed by atoms with Gasteiger partial charge in [-0.1, -0.05) is 41.9 Å². The van der Waals surface area contributed by atoms with Gasteiger partial charge in [0.15, 0.2) is 0 Å². The van der Waals surface area contributed by atoms with Crippen LogP contribution in [0.4, 0.5) is 0 Å². The van der Waals surface area contributed by atoms with E-state index in [1.54, 1.807) is 24.3 Å². The third-order valence-corrected chi connectivity index (χ3v) is 5.22. The molecule has 158 valence electrons. The van der Waals surface area contributed by atoms with Crippen LogP contribution in [0.25, 0.3) is 5.76 Å². The number of ether oxygens (including phenoxy) is 3. The van der Waals surface area contributed by atoms with E-state index in [9.17, 15) is 14.7 Å². The van der Waals surface area contributed by atoms with Crippen molar-refractivity contribution < 1.29 is 28.9 Å². The standard InChI is InChI=1S/C22H22ClNO6/c1-28-10-9-24-19(13-7-5-4-6-8-13)18(21(26)22(24)27)20(25)14-11-15(23)17(30-3)12-16(14)29-2/h4-8,11-12,19,25H,9-10H2,1-3H3/b20-18+. The smallest absolute Gasteiger partial charge is 0.295 e. The molecular formula is C22H22ClNO6. The highest BCUT2D eigenvalue weighted by atomic mass is 35.5. The molecule has 1 heterocycles. The normalized spacial score (nSPS) is 18.0. The molecule has 1 fully saturated rings. The van der Waals surface area contributed by atoms with E-state index in [-0.39, 0.29) is 40.8 Å². The summed E-state index contributed by atoms with van der Waals surface area (Å²) in [5.74, 6) is -1.26. The molecule has 0 bridgehead atoms. The Kier molecular flexibility index (Phi) is 6.64. The SMILES string of the molecule is COCCN1C(=O)C(=O)/C(=C(/O)c2cc(Cl)c(OC)cc2OC)C1c1ccccc1. The lowest BCUT2D eigenvalue weighted by Gasteiger charge is -2.25. The monoisotopic (exact) mass is 431 g/mol. The number of amides is 1. The first kappa shape index (κ1) is 21.7. The van der Waals surface area contributed by atoms with Crippen molar-refractivity contribution >= 4 is 29.1 Å². The number of benzene rings is 2. The van der Waals surface area contributed by atoms with Gasteiger partial charge in [0.25, 0.3) is 11.7 Å². The van der Waals surface area contributed by atoms with Crippen LogP contribution in [-0.4, -0.2) is 56.2 Å². The van der Waals surface area contributed by atoms with Gasteiger partial charge in [-0.2, -0.15) is 0 Å². The van der Waals surface area contributed by atoms with E-state index in [2.05, 4.69) is 0 Å². The van der Waals surface area contributed by atoms with Crippen LogP contribution in [0.1, 0.15) is 17.2 Å². The zero-order chi connectivity index (χ0) is 21.8. The van der Waals surface area contributed by atoms with Crippen molar-refractivity contribution in [2.24, 2.45) is 0 Å². The maximum absolute atomic E-state index is 12.9. The first-order valence-electron chi connectivity index (χ1n) is 9.18. The molecule has 1 amide bonds. The first-order valence-corrected chi connectivity index (χ1v) is 9.56. The Morgan fingerprint density at radius 3 is 2.33 bits per heavy atom. The Morgan fingerprint density at radius 1 is 1.07 bits per heavy atom. The van der Waals surface area contributed by atoms with Crippen LogP contribution < -0.4 is 9.47 Å². The Bertz CT molecular complexity index is 989. The highest BCUT2D eigenvalue weighted by Gasteiger charge is 2.46. The molecule has 1 aliphatic heterocycles. The third kappa shape index (κ3) is 3.86. The lowest BCUT2D eigenvalue weighted by atomic mass is 9.95. The van der Waals surface area contributed by atoms with Gasteiger partial charge in [0.05, 0.1) is 43.0 Å². The van der Waals surface area contributed by atoms with Crippen LogP contribution in [-0.2, 0) is 14.3 Å². The molecule has 1 saturated heterocycles. The minimum absolute atomic E-state index is 0.0400. The van der Waals surface area contributed by atoms with Crippen LogP contribution >= 0.6 is 11.6 Å². The van der Waals surface area contributed by atoms with Gasteiger partial charge in [-0.05, 0) is 11.6 Å². The predicted octanol–water partition coefficient (Wildman–Crippen LogP) is 3.43. The van der Waals surface area contributed by atoms with Gasteiger partial charge in [-0.15, -0.1) is 0 Å². The van der Waals surface area contributed by atoms with Crippen molar-refractivity contribution in [1.29, 1.82) is 0 Å². The average molecular weight is 432 g/mol. The molecule has 0 spiro atoms. The second-order valence-corrected chi connectivity index (χ2v) is 6.99. The molecule has 8 heteroatoms. The molecule has 0 radical (unpaired) electrons. The van der Waals surface area contributed by atoms with Gasteiger partial charge in [-0.25, -0.2) is 0 Å². The second-order valence-electron chi connectivity index (χ2n) is 6.58. The molecule has 30 heavy (non-hydrogen) atoms. The molecule has 2 aromatic rings. The number of hydrogen-bond donors (Lipinski definition) is 1. The van der Waals surface area contributed by atoms with Crippen molar-refractivity contribution in [3.63, 3.8) is 0 Å². The summed E-state index contributed by atoms with van der Waals surface area (Å²) in [6.07, 6.45) is 0. The molecule has 1 atom stereocenters. The molecule has 1 aliphatic rings. The number of likely N-dealkylation sites (tertiary alicyclic amines) is 1. The number of nitrogens with zero attached hydrogens (tertiary/aromatic N) is 1. The zero-order valence-corrected chi connectivity index (χ0v) is 17.6. The van der Waals surface area contributed by atoms with Crippen molar-refractivity contribution in [3.8, 4) is 11.5 Å². The average Bonchev–Trinajstić information content (AvgIpc) is 3.02. The van der Waals surface area contributed by atoms with E-state index in [1.165, 1.54) is 38.4 Å². The molecule has 0 saturated carbocycles. The summed E-state index contributed by atoms with van der Waals surface area (Å²) in [7, 11) is 4.39. The van der Waals surface area contributed by atoms with Gasteiger partial charge < -0.3 is 24.2 Å². The van der Waals surface area contributed by atoms with Crippen molar-refractivity contribution in [3.05, 3.63) is 64.2 Å². The number of hydrogen-bond acceptors (Lipinski definition) is 6. The predicted molar refractivity (Wildman–Crippen MR) is 112 cm³/mol. The molecule has 1 N–H and O–H groups in total. The van der Waals surface area contributed by atoms with E-state index in [4.69, 9.17) is 25.8 Å². The topological polar surface area (TPSA) is 85.3 Å². The lowest BCUT2D eigenvalue weighted by Crippen LogP contribution is -2.32. The fraction of sp³-hybridized carbons (Fsp3) is 0.273. The Labute approximate surface area is 179 Å². The Morgan fingerprint density at radius 2 is 1.73 bits per heavy atom. The maximum Gasteiger partial charge on any atom is 0.295 e. The van der Waals surface area contributed by atoms with E-state index in [0.717, 1.165) is 0 Å². The van der Waals surface area contributed by atoms with Crippen LogP contribution in [0.2, 0.25) is 5.02 Å². The maximum atomic E-state index is 12.9. The molecule has 0 aliphatic carbocycles. The summed E-state index contributed by atoms with van der Waals surface area (Å²) < 4.78 is 15.6.